The molecular weight excluding hydrogens is 332 g/mol. The average Bonchev–Trinajstić information content (AvgIpc) is 3.02. The largest absolute Gasteiger partial charge is 0.438 e. The van der Waals surface area contributed by atoms with Gasteiger partial charge in [0, 0.05) is 10.4 Å². The molecule has 5 heteroatoms. The van der Waals surface area contributed by atoms with Crippen molar-refractivity contribution in [3.05, 3.63) is 46.1 Å². The maximum absolute atomic E-state index is 10.3. The summed E-state index contributed by atoms with van der Waals surface area (Å²) in [4.78, 5) is 11.4. The summed E-state index contributed by atoms with van der Waals surface area (Å²) >= 11 is 1.78. The predicted molar refractivity (Wildman–Crippen MR) is 98.5 cm³/mol. The van der Waals surface area contributed by atoms with E-state index in [4.69, 9.17) is 4.74 Å². The fourth-order valence-corrected chi connectivity index (χ4v) is 5.35. The van der Waals surface area contributed by atoms with Gasteiger partial charge in [-0.1, -0.05) is 12.1 Å². The van der Waals surface area contributed by atoms with E-state index < -0.39 is 0 Å². The lowest BCUT2D eigenvalue weighted by molar-refractivity contribution is 0.156. The van der Waals surface area contributed by atoms with Crippen LogP contribution in [0.4, 0.5) is 0 Å². The van der Waals surface area contributed by atoms with Crippen molar-refractivity contribution in [2.75, 3.05) is 0 Å². The number of hydrogen-bond donors (Lipinski definition) is 1. The summed E-state index contributed by atoms with van der Waals surface area (Å²) in [6.07, 6.45) is 8.68. The first-order valence-corrected chi connectivity index (χ1v) is 9.86. The van der Waals surface area contributed by atoms with Gasteiger partial charge in [0.1, 0.15) is 16.9 Å². The third-order valence-electron chi connectivity index (χ3n) is 5.36. The van der Waals surface area contributed by atoms with Crippen molar-refractivity contribution in [3.8, 4) is 11.6 Å². The van der Waals surface area contributed by atoms with E-state index in [1.54, 1.807) is 17.7 Å². The lowest BCUT2D eigenvalue weighted by Crippen LogP contribution is -2.10. The van der Waals surface area contributed by atoms with E-state index in [2.05, 4.69) is 9.97 Å². The molecule has 5 rings (SSSR count). The third-order valence-corrected chi connectivity index (χ3v) is 6.56. The molecule has 4 nitrogen and oxygen atoms in total. The smallest absolute Gasteiger partial charge is 0.231 e. The quantitative estimate of drug-likeness (QED) is 0.724. The van der Waals surface area contributed by atoms with Gasteiger partial charge in [-0.3, -0.25) is 0 Å². The molecule has 25 heavy (non-hydrogen) atoms. The molecule has 0 amide bonds. The summed E-state index contributed by atoms with van der Waals surface area (Å²) < 4.78 is 6.31. The summed E-state index contributed by atoms with van der Waals surface area (Å²) in [6.45, 7) is 0. The minimum absolute atomic E-state index is 0.383. The first-order chi connectivity index (χ1) is 12.3. The highest BCUT2D eigenvalue weighted by atomic mass is 32.1. The van der Waals surface area contributed by atoms with Gasteiger partial charge >= 0.3 is 0 Å². The summed E-state index contributed by atoms with van der Waals surface area (Å²) in [6, 6.07) is 5.96. The highest BCUT2D eigenvalue weighted by Gasteiger charge is 2.24. The topological polar surface area (TPSA) is 55.2 Å². The number of ether oxygens (including phenoxy) is 1. The Morgan fingerprint density at radius 1 is 1.04 bits per heavy atom. The van der Waals surface area contributed by atoms with Gasteiger partial charge in [-0.05, 0) is 62.1 Å². The number of thiophene rings is 1. The Balaban J connectivity index is 1.62. The first kappa shape index (κ1) is 15.3. The number of aryl methyl sites for hydroxylation is 2. The van der Waals surface area contributed by atoms with Gasteiger partial charge in [-0.2, -0.15) is 0 Å². The maximum atomic E-state index is 10.3. The van der Waals surface area contributed by atoms with Gasteiger partial charge < -0.3 is 9.84 Å². The van der Waals surface area contributed by atoms with Gasteiger partial charge in [-0.25, -0.2) is 9.97 Å². The van der Waals surface area contributed by atoms with Gasteiger partial charge in [0.15, 0.2) is 0 Å². The number of aromatic nitrogens is 2. The first-order valence-electron chi connectivity index (χ1n) is 9.04. The van der Waals surface area contributed by atoms with Crippen LogP contribution in [0.2, 0.25) is 0 Å². The molecule has 2 aromatic heterocycles. The van der Waals surface area contributed by atoms with Crippen LogP contribution in [-0.4, -0.2) is 15.1 Å². The van der Waals surface area contributed by atoms with E-state index in [1.807, 2.05) is 18.2 Å². The van der Waals surface area contributed by atoms with Crippen molar-refractivity contribution >= 4 is 21.6 Å². The number of aliphatic hydroxyl groups excluding tert-OH is 1. The second kappa shape index (κ2) is 6.07. The van der Waals surface area contributed by atoms with E-state index in [-0.39, 0.29) is 6.10 Å². The minimum atomic E-state index is -0.383. The zero-order valence-corrected chi connectivity index (χ0v) is 14.8. The molecule has 2 aliphatic carbocycles. The molecule has 0 radical (unpaired) electrons. The number of fused-ring (bicyclic) bond motifs is 4. The molecule has 0 aliphatic heterocycles. The number of rotatable bonds is 2. The number of benzene rings is 1. The monoisotopic (exact) mass is 352 g/mol. The molecule has 1 atom stereocenters. The average molecular weight is 352 g/mol. The number of aliphatic hydroxyl groups is 1. The summed E-state index contributed by atoms with van der Waals surface area (Å²) in [5.74, 6) is 1.49. The molecule has 0 saturated heterocycles. The highest BCUT2D eigenvalue weighted by molar-refractivity contribution is 7.18. The zero-order chi connectivity index (χ0) is 16.8. The highest BCUT2D eigenvalue weighted by Crippen LogP contribution is 2.42. The van der Waals surface area contributed by atoms with Crippen LogP contribution in [0, 0.1) is 0 Å². The summed E-state index contributed by atoms with van der Waals surface area (Å²) in [5.41, 5.74) is 3.50. The van der Waals surface area contributed by atoms with E-state index >= 15 is 0 Å². The van der Waals surface area contributed by atoms with Crippen molar-refractivity contribution in [2.45, 2.75) is 51.0 Å². The molecule has 0 unspecified atom stereocenters. The SMILES string of the molecule is O[C@@H]1CCCc2c(Oc3ncnc4sc5c(c34)CCCC5)cccc21. The molecule has 3 aromatic rings. The molecule has 0 fully saturated rings. The molecule has 1 N–H and O–H groups in total. The molecule has 2 aliphatic rings. The second-order valence-electron chi connectivity index (χ2n) is 6.90. The van der Waals surface area contributed by atoms with Crippen molar-refractivity contribution in [3.63, 3.8) is 0 Å². The molecular formula is C20H20N2O2S. The minimum Gasteiger partial charge on any atom is -0.438 e. The van der Waals surface area contributed by atoms with Crippen LogP contribution < -0.4 is 4.74 Å². The maximum Gasteiger partial charge on any atom is 0.231 e. The zero-order valence-electron chi connectivity index (χ0n) is 14.0. The Bertz CT molecular complexity index is 950. The molecule has 2 heterocycles. The molecule has 1 aromatic carbocycles. The number of nitrogens with zero attached hydrogens (tertiary/aromatic N) is 2. The van der Waals surface area contributed by atoms with E-state index in [1.165, 1.54) is 23.3 Å². The van der Waals surface area contributed by atoms with Crippen molar-refractivity contribution < 1.29 is 9.84 Å². The van der Waals surface area contributed by atoms with Gasteiger partial charge in [0.05, 0.1) is 11.5 Å². The standard InChI is InChI=1S/C20H20N2O2S/c23-15-8-3-7-13-12(15)6-4-9-16(13)24-19-18-14-5-1-2-10-17(14)25-20(18)22-11-21-19/h4,6,9,11,15,23H,1-3,5,7-8,10H2/t15-/m1/s1. The predicted octanol–water partition coefficient (Wildman–Crippen LogP) is 4.73. The van der Waals surface area contributed by atoms with Crippen LogP contribution >= 0.6 is 11.3 Å². The van der Waals surface area contributed by atoms with Crippen LogP contribution in [0.5, 0.6) is 11.6 Å². The summed E-state index contributed by atoms with van der Waals surface area (Å²) in [5, 5.41) is 11.4. The Morgan fingerprint density at radius 2 is 1.92 bits per heavy atom. The van der Waals surface area contributed by atoms with Crippen LogP contribution in [0.25, 0.3) is 10.2 Å². The van der Waals surface area contributed by atoms with Crippen LogP contribution in [0.3, 0.4) is 0 Å². The lowest BCUT2D eigenvalue weighted by Gasteiger charge is -2.23. The Morgan fingerprint density at radius 3 is 2.88 bits per heavy atom. The van der Waals surface area contributed by atoms with Gasteiger partial charge in [0.2, 0.25) is 5.88 Å². The van der Waals surface area contributed by atoms with E-state index in [0.717, 1.165) is 59.2 Å². The molecule has 128 valence electrons. The van der Waals surface area contributed by atoms with Crippen molar-refractivity contribution in [1.82, 2.24) is 9.97 Å². The molecule has 0 bridgehead atoms. The van der Waals surface area contributed by atoms with Gasteiger partial charge in [-0.15, -0.1) is 11.3 Å². The molecule has 0 spiro atoms. The van der Waals surface area contributed by atoms with Crippen molar-refractivity contribution in [1.29, 1.82) is 0 Å². The third kappa shape index (κ3) is 2.53. The fraction of sp³-hybridized carbons (Fsp3) is 0.400. The van der Waals surface area contributed by atoms with E-state index in [9.17, 15) is 5.11 Å². The van der Waals surface area contributed by atoms with Crippen LogP contribution in [0.1, 0.15) is 53.4 Å². The lowest BCUT2D eigenvalue weighted by atomic mass is 9.89. The Hall–Kier alpha value is -1.98. The fourth-order valence-electron chi connectivity index (χ4n) is 4.13. The van der Waals surface area contributed by atoms with Crippen LogP contribution in [0.15, 0.2) is 24.5 Å². The second-order valence-corrected chi connectivity index (χ2v) is 7.99. The summed E-state index contributed by atoms with van der Waals surface area (Å²) in [7, 11) is 0. The van der Waals surface area contributed by atoms with E-state index in [0.29, 0.717) is 5.88 Å². The van der Waals surface area contributed by atoms with Crippen LogP contribution in [-0.2, 0) is 19.3 Å². The normalized spacial score (nSPS) is 19.5. The number of hydrogen-bond acceptors (Lipinski definition) is 5. The van der Waals surface area contributed by atoms with Gasteiger partial charge in [0.25, 0.3) is 0 Å². The molecule has 0 saturated carbocycles. The Labute approximate surface area is 150 Å². The Kier molecular flexibility index (Phi) is 3.71. The van der Waals surface area contributed by atoms with Crippen molar-refractivity contribution in [2.24, 2.45) is 0 Å².